The number of phenolic OH excluding ortho intramolecular Hbond substituents is 1. The van der Waals surface area contributed by atoms with Crippen LogP contribution in [0.15, 0.2) is 24.5 Å². The van der Waals surface area contributed by atoms with Crippen LogP contribution in [0.4, 0.5) is 11.5 Å². The van der Waals surface area contributed by atoms with E-state index < -0.39 is 0 Å². The van der Waals surface area contributed by atoms with E-state index in [0.29, 0.717) is 10.7 Å². The molecule has 5 nitrogen and oxygen atoms in total. The molecule has 0 spiro atoms. The average molecular weight is 369 g/mol. The Kier molecular flexibility index (Phi) is 4.59. The Morgan fingerprint density at radius 3 is 3.04 bits per heavy atom. The van der Waals surface area contributed by atoms with E-state index in [4.69, 9.17) is 11.6 Å². The molecule has 3 heterocycles. The lowest BCUT2D eigenvalue weighted by Gasteiger charge is -2.14. The molecule has 120 valence electrons. The molecule has 1 aliphatic heterocycles. The molecule has 0 saturated carbocycles. The Hall–Kier alpha value is -1.60. The molecular formula is C15H14Cl2N4OS. The van der Waals surface area contributed by atoms with Gasteiger partial charge in [0, 0.05) is 17.5 Å². The molecule has 0 atom stereocenters. The Morgan fingerprint density at radius 1 is 1.30 bits per heavy atom. The normalized spacial score (nSPS) is 13.4. The largest absolute Gasteiger partial charge is 0.508 e. The fourth-order valence-electron chi connectivity index (χ4n) is 2.69. The van der Waals surface area contributed by atoms with E-state index in [9.17, 15) is 5.11 Å². The summed E-state index contributed by atoms with van der Waals surface area (Å²) in [6, 6.07) is 4.81. The van der Waals surface area contributed by atoms with Gasteiger partial charge in [-0.25, -0.2) is 9.97 Å². The summed E-state index contributed by atoms with van der Waals surface area (Å²) in [5.74, 6) is 0.894. The van der Waals surface area contributed by atoms with Gasteiger partial charge in [-0.3, -0.25) is 0 Å². The molecule has 0 unspecified atom stereocenters. The molecule has 1 aliphatic rings. The Bertz CT molecular complexity index is 868. The van der Waals surface area contributed by atoms with Crippen molar-refractivity contribution in [3.05, 3.63) is 40.0 Å². The van der Waals surface area contributed by atoms with Gasteiger partial charge >= 0.3 is 0 Å². The summed E-state index contributed by atoms with van der Waals surface area (Å²) in [6.07, 6.45) is 2.52. The first-order valence-corrected chi connectivity index (χ1v) is 8.13. The zero-order valence-electron chi connectivity index (χ0n) is 12.0. The molecule has 3 aromatic rings. The maximum Gasteiger partial charge on any atom is 0.142 e. The summed E-state index contributed by atoms with van der Waals surface area (Å²) < 4.78 is 0. The van der Waals surface area contributed by atoms with Crippen molar-refractivity contribution in [3.63, 3.8) is 0 Å². The van der Waals surface area contributed by atoms with Gasteiger partial charge in [-0.15, -0.1) is 23.7 Å². The van der Waals surface area contributed by atoms with Gasteiger partial charge in [-0.1, -0.05) is 11.6 Å². The van der Waals surface area contributed by atoms with Crippen molar-refractivity contribution < 1.29 is 5.11 Å². The molecule has 3 N–H and O–H groups in total. The molecule has 0 amide bonds. The highest BCUT2D eigenvalue weighted by atomic mass is 35.5. The number of hydrogen-bond donors (Lipinski definition) is 3. The van der Waals surface area contributed by atoms with E-state index in [0.717, 1.165) is 35.5 Å². The third-order valence-corrected chi connectivity index (χ3v) is 5.18. The maximum atomic E-state index is 9.64. The molecule has 2 aromatic heterocycles. The first kappa shape index (κ1) is 16.3. The molecule has 23 heavy (non-hydrogen) atoms. The third-order valence-electron chi connectivity index (χ3n) is 3.71. The maximum absolute atomic E-state index is 9.64. The zero-order valence-corrected chi connectivity index (χ0v) is 14.4. The number of aromatic hydroxyl groups is 1. The van der Waals surface area contributed by atoms with Gasteiger partial charge in [0.05, 0.1) is 16.1 Å². The summed E-state index contributed by atoms with van der Waals surface area (Å²) in [5, 5.41) is 17.9. The lowest BCUT2D eigenvalue weighted by Crippen LogP contribution is -2.22. The summed E-state index contributed by atoms with van der Waals surface area (Å²) in [6.45, 7) is 1.84. The Balaban J connectivity index is 0.00000156. The predicted molar refractivity (Wildman–Crippen MR) is 96.5 cm³/mol. The molecule has 0 aliphatic carbocycles. The number of anilines is 2. The minimum atomic E-state index is 0. The van der Waals surface area contributed by atoms with Crippen LogP contribution in [0.25, 0.3) is 10.2 Å². The topological polar surface area (TPSA) is 70.1 Å². The van der Waals surface area contributed by atoms with Crippen LogP contribution in [0, 0.1) is 0 Å². The van der Waals surface area contributed by atoms with E-state index in [1.807, 2.05) is 0 Å². The van der Waals surface area contributed by atoms with Gasteiger partial charge in [0.1, 0.15) is 22.7 Å². The van der Waals surface area contributed by atoms with E-state index >= 15 is 0 Å². The number of phenols is 1. The van der Waals surface area contributed by atoms with Crippen molar-refractivity contribution in [2.75, 3.05) is 11.9 Å². The Morgan fingerprint density at radius 2 is 2.17 bits per heavy atom. The van der Waals surface area contributed by atoms with Crippen LogP contribution in [-0.2, 0) is 13.0 Å². The van der Waals surface area contributed by atoms with Crippen molar-refractivity contribution in [1.29, 1.82) is 0 Å². The van der Waals surface area contributed by atoms with Gasteiger partial charge in [0.15, 0.2) is 0 Å². The smallest absolute Gasteiger partial charge is 0.142 e. The molecule has 0 bridgehead atoms. The van der Waals surface area contributed by atoms with Crippen LogP contribution < -0.4 is 10.6 Å². The van der Waals surface area contributed by atoms with Crippen LogP contribution in [0.3, 0.4) is 0 Å². The minimum Gasteiger partial charge on any atom is -0.508 e. The second-order valence-electron chi connectivity index (χ2n) is 5.12. The number of hydrogen-bond acceptors (Lipinski definition) is 6. The van der Waals surface area contributed by atoms with Gasteiger partial charge in [-0.2, -0.15) is 0 Å². The van der Waals surface area contributed by atoms with Crippen molar-refractivity contribution in [2.24, 2.45) is 0 Å². The van der Waals surface area contributed by atoms with E-state index in [-0.39, 0.29) is 18.2 Å². The highest BCUT2D eigenvalue weighted by Crippen LogP contribution is 2.37. The number of nitrogens with zero attached hydrogens (tertiary/aromatic N) is 2. The van der Waals surface area contributed by atoms with Crippen molar-refractivity contribution >= 4 is 57.1 Å². The van der Waals surface area contributed by atoms with Crippen LogP contribution in [0.1, 0.15) is 10.4 Å². The molecular weight excluding hydrogens is 355 g/mol. The van der Waals surface area contributed by atoms with Crippen molar-refractivity contribution in [3.8, 4) is 5.75 Å². The molecule has 8 heteroatoms. The lowest BCUT2D eigenvalue weighted by molar-refractivity contribution is 0.475. The fourth-order valence-corrected chi connectivity index (χ4v) is 4.01. The lowest BCUT2D eigenvalue weighted by atomic mass is 10.1. The van der Waals surface area contributed by atoms with E-state index in [1.165, 1.54) is 10.4 Å². The SMILES string of the molecule is Cl.Oc1ccc(Cl)c(Nc2ncnc3sc4c(c23)CCNC4)c1. The zero-order chi connectivity index (χ0) is 15.1. The summed E-state index contributed by atoms with van der Waals surface area (Å²) >= 11 is 7.89. The monoisotopic (exact) mass is 368 g/mol. The number of nitrogens with one attached hydrogen (secondary N) is 2. The van der Waals surface area contributed by atoms with Crippen molar-refractivity contribution in [1.82, 2.24) is 15.3 Å². The highest BCUT2D eigenvalue weighted by molar-refractivity contribution is 7.19. The number of benzene rings is 1. The Labute approximate surface area is 148 Å². The summed E-state index contributed by atoms with van der Waals surface area (Å²) in [4.78, 5) is 11.0. The van der Waals surface area contributed by atoms with Crippen LogP contribution in [0.5, 0.6) is 5.75 Å². The molecule has 0 radical (unpaired) electrons. The van der Waals surface area contributed by atoms with E-state index in [2.05, 4.69) is 20.6 Å². The van der Waals surface area contributed by atoms with Gasteiger partial charge in [-0.05, 0) is 30.7 Å². The molecule has 1 aromatic carbocycles. The second kappa shape index (κ2) is 6.49. The van der Waals surface area contributed by atoms with Gasteiger partial charge in [0.25, 0.3) is 0 Å². The van der Waals surface area contributed by atoms with Gasteiger partial charge in [0.2, 0.25) is 0 Å². The molecule has 4 rings (SSSR count). The number of rotatable bonds is 2. The molecule has 0 fully saturated rings. The second-order valence-corrected chi connectivity index (χ2v) is 6.61. The third kappa shape index (κ3) is 2.95. The standard InChI is InChI=1S/C15H13ClN4OS.ClH/c16-10-2-1-8(21)5-11(10)20-14-13-9-3-4-17-6-12(9)22-15(13)19-7-18-14;/h1-2,5,7,17,21H,3-4,6H2,(H,18,19,20);1H. The first-order valence-electron chi connectivity index (χ1n) is 6.94. The summed E-state index contributed by atoms with van der Waals surface area (Å²) in [7, 11) is 0. The average Bonchev–Trinajstić information content (AvgIpc) is 2.90. The fraction of sp³-hybridized carbons (Fsp3) is 0.200. The van der Waals surface area contributed by atoms with Crippen LogP contribution in [0.2, 0.25) is 5.02 Å². The van der Waals surface area contributed by atoms with Crippen molar-refractivity contribution in [2.45, 2.75) is 13.0 Å². The number of thiophene rings is 1. The first-order chi connectivity index (χ1) is 10.7. The number of fused-ring (bicyclic) bond motifs is 3. The quantitative estimate of drug-likeness (QED) is 0.640. The predicted octanol–water partition coefficient (Wildman–Crippen LogP) is 3.86. The highest BCUT2D eigenvalue weighted by Gasteiger charge is 2.20. The van der Waals surface area contributed by atoms with Crippen LogP contribution in [-0.4, -0.2) is 21.6 Å². The minimum absolute atomic E-state index is 0. The van der Waals surface area contributed by atoms with E-state index in [1.54, 1.807) is 35.9 Å². The number of aromatic nitrogens is 2. The van der Waals surface area contributed by atoms with Crippen LogP contribution >= 0.6 is 35.3 Å². The molecule has 0 saturated heterocycles. The van der Waals surface area contributed by atoms with Gasteiger partial charge < -0.3 is 15.7 Å². The number of halogens is 2. The summed E-state index contributed by atoms with van der Waals surface area (Å²) in [5.41, 5.74) is 1.94.